The molecule has 2 fully saturated rings. The second-order valence-electron chi connectivity index (χ2n) is 5.27. The van der Waals surface area contributed by atoms with Gasteiger partial charge in [-0.3, -0.25) is 9.59 Å². The zero-order valence-electron chi connectivity index (χ0n) is 11.0. The van der Waals surface area contributed by atoms with Gasteiger partial charge in [-0.2, -0.15) is 5.06 Å². The highest BCUT2D eigenvalue weighted by atomic mass is 16.5. The van der Waals surface area contributed by atoms with Gasteiger partial charge in [0.1, 0.15) is 0 Å². The Bertz CT molecular complexity index is 344. The number of amides is 2. The highest BCUT2D eigenvalue weighted by Crippen LogP contribution is 2.24. The van der Waals surface area contributed by atoms with Crippen LogP contribution in [0.3, 0.4) is 0 Å². The number of hydroxylamine groups is 2. The molecule has 7 nitrogen and oxygen atoms in total. The first-order chi connectivity index (χ1) is 9.06. The number of hydrogen-bond donors (Lipinski definition) is 2. The Kier molecular flexibility index (Phi) is 4.73. The van der Waals surface area contributed by atoms with Crippen LogP contribution in [0, 0.1) is 11.8 Å². The standard InChI is InChI=1S/C12H21N3O4/c13-12(17)10-5-9(7-15(18)8-10)6-11(16)14-1-3-19-4-2-14/h9-10,18H,1-8H2,(H2,13,17). The van der Waals surface area contributed by atoms with E-state index in [1.807, 2.05) is 0 Å². The van der Waals surface area contributed by atoms with Crippen molar-refractivity contribution in [2.24, 2.45) is 17.6 Å². The third kappa shape index (κ3) is 3.89. The summed E-state index contributed by atoms with van der Waals surface area (Å²) in [4.78, 5) is 25.1. The summed E-state index contributed by atoms with van der Waals surface area (Å²) in [6.45, 7) is 3.07. The van der Waals surface area contributed by atoms with Gasteiger partial charge in [-0.1, -0.05) is 0 Å². The molecule has 7 heteroatoms. The fraction of sp³-hybridized carbons (Fsp3) is 0.833. The summed E-state index contributed by atoms with van der Waals surface area (Å²) in [5.41, 5.74) is 5.28. The second-order valence-corrected chi connectivity index (χ2v) is 5.27. The molecule has 0 aromatic carbocycles. The van der Waals surface area contributed by atoms with Crippen LogP contribution in [0.2, 0.25) is 0 Å². The van der Waals surface area contributed by atoms with Crippen molar-refractivity contribution in [3.05, 3.63) is 0 Å². The predicted octanol–water partition coefficient (Wildman–Crippen LogP) is -0.952. The Labute approximate surface area is 112 Å². The summed E-state index contributed by atoms with van der Waals surface area (Å²) in [5, 5.41) is 10.7. The van der Waals surface area contributed by atoms with Gasteiger partial charge in [0, 0.05) is 32.6 Å². The first-order valence-electron chi connectivity index (χ1n) is 6.65. The van der Waals surface area contributed by atoms with E-state index in [4.69, 9.17) is 10.5 Å². The third-order valence-electron chi connectivity index (χ3n) is 3.75. The van der Waals surface area contributed by atoms with Crippen LogP contribution in [0.5, 0.6) is 0 Å². The van der Waals surface area contributed by atoms with Crippen LogP contribution in [0.1, 0.15) is 12.8 Å². The molecule has 2 amide bonds. The Morgan fingerprint density at radius 2 is 1.95 bits per heavy atom. The number of ether oxygens (including phenoxy) is 1. The molecule has 2 atom stereocenters. The maximum atomic E-state index is 12.1. The minimum atomic E-state index is -0.414. The highest BCUT2D eigenvalue weighted by molar-refractivity contribution is 5.78. The lowest BCUT2D eigenvalue weighted by Crippen LogP contribution is -2.46. The summed E-state index contributed by atoms with van der Waals surface area (Å²) in [6, 6.07) is 0. The maximum Gasteiger partial charge on any atom is 0.223 e. The van der Waals surface area contributed by atoms with E-state index in [0.717, 1.165) is 5.06 Å². The number of primary amides is 1. The van der Waals surface area contributed by atoms with E-state index in [-0.39, 0.29) is 24.3 Å². The van der Waals surface area contributed by atoms with Crippen LogP contribution in [-0.4, -0.2) is 66.4 Å². The Hall–Kier alpha value is -1.18. The van der Waals surface area contributed by atoms with Crippen molar-refractivity contribution in [3.63, 3.8) is 0 Å². The molecule has 0 aromatic heterocycles. The fourth-order valence-corrected chi connectivity index (χ4v) is 2.72. The van der Waals surface area contributed by atoms with Crippen LogP contribution >= 0.6 is 0 Å². The van der Waals surface area contributed by atoms with Crippen molar-refractivity contribution in [1.29, 1.82) is 0 Å². The number of hydrogen-bond acceptors (Lipinski definition) is 5. The Morgan fingerprint density at radius 3 is 2.58 bits per heavy atom. The van der Waals surface area contributed by atoms with Crippen molar-refractivity contribution in [2.75, 3.05) is 39.4 Å². The van der Waals surface area contributed by atoms with Gasteiger partial charge in [0.25, 0.3) is 0 Å². The molecule has 0 spiro atoms. The maximum absolute atomic E-state index is 12.1. The van der Waals surface area contributed by atoms with Crippen molar-refractivity contribution < 1.29 is 19.5 Å². The largest absolute Gasteiger partial charge is 0.378 e. The molecule has 3 N–H and O–H groups in total. The zero-order chi connectivity index (χ0) is 13.8. The molecule has 0 aliphatic carbocycles. The van der Waals surface area contributed by atoms with Crippen LogP contribution in [0.25, 0.3) is 0 Å². The molecule has 2 rings (SSSR count). The molecule has 0 saturated carbocycles. The number of carbonyl (C=O) groups excluding carboxylic acids is 2. The zero-order valence-corrected chi connectivity index (χ0v) is 11.0. The lowest BCUT2D eigenvalue weighted by atomic mass is 9.87. The molecule has 2 saturated heterocycles. The molecule has 0 bridgehead atoms. The van der Waals surface area contributed by atoms with E-state index in [1.54, 1.807) is 4.90 Å². The van der Waals surface area contributed by atoms with Gasteiger partial charge >= 0.3 is 0 Å². The average Bonchev–Trinajstić information content (AvgIpc) is 2.39. The fourth-order valence-electron chi connectivity index (χ4n) is 2.72. The molecule has 2 aliphatic heterocycles. The molecule has 108 valence electrons. The molecular weight excluding hydrogens is 250 g/mol. The van der Waals surface area contributed by atoms with Gasteiger partial charge in [0.15, 0.2) is 0 Å². The number of carbonyl (C=O) groups is 2. The number of rotatable bonds is 3. The molecule has 19 heavy (non-hydrogen) atoms. The second kappa shape index (κ2) is 6.31. The summed E-state index contributed by atoms with van der Waals surface area (Å²) < 4.78 is 5.20. The smallest absolute Gasteiger partial charge is 0.223 e. The molecule has 2 unspecified atom stereocenters. The number of nitrogens with two attached hydrogens (primary N) is 1. The van der Waals surface area contributed by atoms with Gasteiger partial charge < -0.3 is 20.6 Å². The van der Waals surface area contributed by atoms with Crippen molar-refractivity contribution in [3.8, 4) is 0 Å². The van der Waals surface area contributed by atoms with E-state index in [0.29, 0.717) is 45.7 Å². The summed E-state index contributed by atoms with van der Waals surface area (Å²) in [7, 11) is 0. The number of nitrogens with zero attached hydrogens (tertiary/aromatic N) is 2. The van der Waals surface area contributed by atoms with Gasteiger partial charge in [0.05, 0.1) is 19.1 Å². The number of morpholine rings is 1. The highest BCUT2D eigenvalue weighted by Gasteiger charge is 2.32. The summed E-state index contributed by atoms with van der Waals surface area (Å²) in [5.74, 6) is -0.748. The van der Waals surface area contributed by atoms with Crippen LogP contribution in [0.15, 0.2) is 0 Å². The lowest BCUT2D eigenvalue weighted by molar-refractivity contribution is -0.153. The quantitative estimate of drug-likeness (QED) is 0.690. The summed E-state index contributed by atoms with van der Waals surface area (Å²) >= 11 is 0. The van der Waals surface area contributed by atoms with Gasteiger partial charge in [-0.15, -0.1) is 0 Å². The Morgan fingerprint density at radius 1 is 1.26 bits per heavy atom. The summed E-state index contributed by atoms with van der Waals surface area (Å²) in [6.07, 6.45) is 0.920. The topological polar surface area (TPSA) is 96.1 Å². The van der Waals surface area contributed by atoms with E-state index < -0.39 is 5.91 Å². The monoisotopic (exact) mass is 271 g/mol. The van der Waals surface area contributed by atoms with E-state index >= 15 is 0 Å². The van der Waals surface area contributed by atoms with Gasteiger partial charge in [-0.05, 0) is 12.3 Å². The first-order valence-corrected chi connectivity index (χ1v) is 6.65. The van der Waals surface area contributed by atoms with E-state index in [9.17, 15) is 14.8 Å². The normalized spacial score (nSPS) is 29.2. The molecule has 0 radical (unpaired) electrons. The molecular formula is C12H21N3O4. The Balaban J connectivity index is 1.86. The third-order valence-corrected chi connectivity index (χ3v) is 3.75. The van der Waals surface area contributed by atoms with Crippen LogP contribution < -0.4 is 5.73 Å². The predicted molar refractivity (Wildman–Crippen MR) is 66.2 cm³/mol. The van der Waals surface area contributed by atoms with Crippen molar-refractivity contribution in [1.82, 2.24) is 9.96 Å². The molecule has 0 aromatic rings. The van der Waals surface area contributed by atoms with Crippen molar-refractivity contribution in [2.45, 2.75) is 12.8 Å². The van der Waals surface area contributed by atoms with Gasteiger partial charge in [0.2, 0.25) is 11.8 Å². The van der Waals surface area contributed by atoms with E-state index in [1.165, 1.54) is 0 Å². The number of piperidine rings is 1. The van der Waals surface area contributed by atoms with Crippen LogP contribution in [0.4, 0.5) is 0 Å². The molecule has 2 aliphatic rings. The average molecular weight is 271 g/mol. The SMILES string of the molecule is NC(=O)C1CC(CC(=O)N2CCOCC2)CN(O)C1. The lowest BCUT2D eigenvalue weighted by Gasteiger charge is -2.34. The van der Waals surface area contributed by atoms with E-state index in [2.05, 4.69) is 0 Å². The first kappa shape index (κ1) is 14.2. The molecule has 2 heterocycles. The van der Waals surface area contributed by atoms with Crippen LogP contribution in [-0.2, 0) is 14.3 Å². The minimum Gasteiger partial charge on any atom is -0.378 e. The minimum absolute atomic E-state index is 0.0217. The van der Waals surface area contributed by atoms with Crippen molar-refractivity contribution >= 4 is 11.8 Å². The van der Waals surface area contributed by atoms with Gasteiger partial charge in [-0.25, -0.2) is 0 Å².